The van der Waals surface area contributed by atoms with Gasteiger partial charge in [-0.2, -0.15) is 0 Å². The first-order chi connectivity index (χ1) is 11.4. The van der Waals surface area contributed by atoms with Crippen LogP contribution in [0.2, 0.25) is 5.02 Å². The molecule has 2 N–H and O–H groups in total. The molecule has 2 aromatic carbocycles. The third kappa shape index (κ3) is 5.24. The molecule has 1 amide bonds. The van der Waals surface area contributed by atoms with Gasteiger partial charge in [0.1, 0.15) is 4.90 Å². The Balaban J connectivity index is 1.89. The van der Waals surface area contributed by atoms with Gasteiger partial charge in [-0.1, -0.05) is 29.8 Å². The second kappa shape index (κ2) is 8.53. The van der Waals surface area contributed by atoms with Crippen molar-refractivity contribution in [3.8, 4) is 0 Å². The van der Waals surface area contributed by atoms with E-state index in [1.54, 1.807) is 30.0 Å². The number of carbonyl (C=O) groups excluding carboxylic acids is 1. The highest BCUT2D eigenvalue weighted by Gasteiger charge is 2.17. The minimum absolute atomic E-state index is 0.000235. The maximum atomic E-state index is 12.1. The Kier molecular flexibility index (Phi) is 6.68. The molecule has 0 aliphatic heterocycles. The summed E-state index contributed by atoms with van der Waals surface area (Å²) in [5.41, 5.74) is 0.681. The van der Waals surface area contributed by atoms with Gasteiger partial charge in [0, 0.05) is 23.5 Å². The molecule has 24 heavy (non-hydrogen) atoms. The molecule has 0 saturated heterocycles. The summed E-state index contributed by atoms with van der Waals surface area (Å²) in [6.45, 7) is -0.0123. The molecular weight excluding hydrogens is 368 g/mol. The number of thioether (sulfide) groups is 1. The number of halogens is 1. The van der Waals surface area contributed by atoms with Crippen LogP contribution in [0, 0.1) is 0 Å². The van der Waals surface area contributed by atoms with Crippen molar-refractivity contribution in [1.29, 1.82) is 0 Å². The lowest BCUT2D eigenvalue weighted by molar-refractivity contribution is -0.116. The molecule has 0 aliphatic carbocycles. The monoisotopic (exact) mass is 384 g/mol. The SMILES string of the molecule is CSc1cccc(NC(=O)CCNS(=O)(=O)c2ccccc2Cl)c1. The average molecular weight is 385 g/mol. The van der Waals surface area contributed by atoms with Crippen LogP contribution >= 0.6 is 23.4 Å². The normalized spacial score (nSPS) is 11.2. The summed E-state index contributed by atoms with van der Waals surface area (Å²) in [5.74, 6) is -0.268. The molecule has 0 fully saturated rings. The molecule has 0 aliphatic rings. The number of anilines is 1. The van der Waals surface area contributed by atoms with E-state index in [-0.39, 0.29) is 28.8 Å². The standard InChI is InChI=1S/C16H17ClN2O3S2/c1-23-13-6-4-5-12(11-13)19-16(20)9-10-18-24(21,22)15-8-3-2-7-14(15)17/h2-8,11,18H,9-10H2,1H3,(H,19,20). The van der Waals surface area contributed by atoms with Gasteiger partial charge in [-0.25, -0.2) is 13.1 Å². The molecule has 2 rings (SSSR count). The molecule has 0 unspecified atom stereocenters. The molecule has 0 saturated carbocycles. The highest BCUT2D eigenvalue weighted by Crippen LogP contribution is 2.20. The van der Waals surface area contributed by atoms with Crippen LogP contribution < -0.4 is 10.0 Å². The van der Waals surface area contributed by atoms with Crippen molar-refractivity contribution in [1.82, 2.24) is 4.72 Å². The molecule has 128 valence electrons. The van der Waals surface area contributed by atoms with Crippen LogP contribution in [0.3, 0.4) is 0 Å². The fourth-order valence-corrected chi connectivity index (χ4v) is 3.97. The number of amides is 1. The lowest BCUT2D eigenvalue weighted by Crippen LogP contribution is -2.28. The van der Waals surface area contributed by atoms with Crippen LogP contribution in [-0.2, 0) is 14.8 Å². The third-order valence-corrected chi connectivity index (χ3v) is 5.81. The Morgan fingerprint density at radius 3 is 2.62 bits per heavy atom. The second-order valence-corrected chi connectivity index (χ2v) is 7.88. The highest BCUT2D eigenvalue weighted by atomic mass is 35.5. The van der Waals surface area contributed by atoms with Gasteiger partial charge in [0.05, 0.1) is 5.02 Å². The number of hydrogen-bond acceptors (Lipinski definition) is 4. The molecular formula is C16H17ClN2O3S2. The van der Waals surface area contributed by atoms with Crippen molar-refractivity contribution >= 4 is 45.0 Å². The summed E-state index contributed by atoms with van der Waals surface area (Å²) in [5, 5.41) is 2.88. The Morgan fingerprint density at radius 1 is 1.17 bits per heavy atom. The van der Waals surface area contributed by atoms with Gasteiger partial charge in [0.15, 0.2) is 0 Å². The lowest BCUT2D eigenvalue weighted by Gasteiger charge is -2.09. The van der Waals surface area contributed by atoms with E-state index in [1.807, 2.05) is 24.5 Å². The van der Waals surface area contributed by atoms with Crippen LogP contribution in [0.25, 0.3) is 0 Å². The van der Waals surface area contributed by atoms with Crippen LogP contribution in [-0.4, -0.2) is 27.1 Å². The zero-order valence-corrected chi connectivity index (χ0v) is 15.3. The first-order valence-electron chi connectivity index (χ1n) is 7.10. The van der Waals surface area contributed by atoms with Gasteiger partial charge < -0.3 is 5.32 Å². The van der Waals surface area contributed by atoms with Gasteiger partial charge in [0.2, 0.25) is 15.9 Å². The van der Waals surface area contributed by atoms with Gasteiger partial charge in [0.25, 0.3) is 0 Å². The Morgan fingerprint density at radius 2 is 1.92 bits per heavy atom. The zero-order valence-electron chi connectivity index (χ0n) is 13.0. The molecule has 0 bridgehead atoms. The quantitative estimate of drug-likeness (QED) is 0.717. The number of nitrogens with one attached hydrogen (secondary N) is 2. The summed E-state index contributed by atoms with van der Waals surface area (Å²) in [7, 11) is -3.74. The molecule has 5 nitrogen and oxygen atoms in total. The smallest absolute Gasteiger partial charge is 0.242 e. The van der Waals surface area contributed by atoms with Gasteiger partial charge >= 0.3 is 0 Å². The molecule has 2 aromatic rings. The molecule has 0 aromatic heterocycles. The predicted octanol–water partition coefficient (Wildman–Crippen LogP) is 3.37. The summed E-state index contributed by atoms with van der Waals surface area (Å²) in [4.78, 5) is 13.0. The minimum atomic E-state index is -3.74. The van der Waals surface area contributed by atoms with Crippen LogP contribution in [0.4, 0.5) is 5.69 Å². The fraction of sp³-hybridized carbons (Fsp3) is 0.188. The second-order valence-electron chi connectivity index (χ2n) is 4.86. The van der Waals surface area contributed by atoms with Crippen LogP contribution in [0.1, 0.15) is 6.42 Å². The van der Waals surface area contributed by atoms with Crippen LogP contribution in [0.15, 0.2) is 58.3 Å². The maximum Gasteiger partial charge on any atom is 0.242 e. The number of rotatable bonds is 7. The Labute approximate surface area is 150 Å². The van der Waals surface area contributed by atoms with Gasteiger partial charge in [-0.3, -0.25) is 4.79 Å². The van der Waals surface area contributed by atoms with Crippen molar-refractivity contribution in [3.63, 3.8) is 0 Å². The fourth-order valence-electron chi connectivity index (χ4n) is 1.96. The van der Waals surface area contributed by atoms with Gasteiger partial charge in [-0.05, 0) is 36.6 Å². The number of sulfonamides is 1. The van der Waals surface area contributed by atoms with Crippen molar-refractivity contribution in [2.24, 2.45) is 0 Å². The topological polar surface area (TPSA) is 75.3 Å². The highest BCUT2D eigenvalue weighted by molar-refractivity contribution is 7.98. The average Bonchev–Trinajstić information content (AvgIpc) is 2.55. The summed E-state index contributed by atoms with van der Waals surface area (Å²) < 4.78 is 26.7. The number of hydrogen-bond donors (Lipinski definition) is 2. The van der Waals surface area contributed by atoms with E-state index in [0.717, 1.165) is 4.90 Å². The summed E-state index contributed by atoms with van der Waals surface area (Å²) >= 11 is 7.46. The Hall–Kier alpha value is -1.54. The van der Waals surface area contributed by atoms with Gasteiger partial charge in [-0.15, -0.1) is 11.8 Å². The van der Waals surface area contributed by atoms with E-state index in [0.29, 0.717) is 5.69 Å². The lowest BCUT2D eigenvalue weighted by atomic mass is 10.3. The minimum Gasteiger partial charge on any atom is -0.326 e. The van der Waals surface area contributed by atoms with Crippen LogP contribution in [0.5, 0.6) is 0 Å². The van der Waals surface area contributed by atoms with Crippen molar-refractivity contribution in [2.75, 3.05) is 18.1 Å². The first-order valence-corrected chi connectivity index (χ1v) is 10.2. The van der Waals surface area contributed by atoms with E-state index in [1.165, 1.54) is 12.1 Å². The molecule has 0 atom stereocenters. The molecule has 0 spiro atoms. The molecule has 8 heteroatoms. The zero-order chi connectivity index (χ0) is 17.6. The van der Waals surface area contributed by atoms with E-state index in [4.69, 9.17) is 11.6 Å². The predicted molar refractivity (Wildman–Crippen MR) is 98.1 cm³/mol. The van der Waals surface area contributed by atoms with E-state index >= 15 is 0 Å². The Bertz CT molecular complexity index is 826. The van der Waals surface area contributed by atoms with E-state index in [2.05, 4.69) is 10.0 Å². The molecule has 0 heterocycles. The van der Waals surface area contributed by atoms with Crippen molar-refractivity contribution in [3.05, 3.63) is 53.6 Å². The molecule has 0 radical (unpaired) electrons. The number of benzene rings is 2. The van der Waals surface area contributed by atoms with E-state index < -0.39 is 10.0 Å². The summed E-state index contributed by atoms with van der Waals surface area (Å²) in [6.07, 6.45) is 1.97. The van der Waals surface area contributed by atoms with E-state index in [9.17, 15) is 13.2 Å². The summed E-state index contributed by atoms with van der Waals surface area (Å²) in [6, 6.07) is 13.6. The third-order valence-electron chi connectivity index (χ3n) is 3.12. The van der Waals surface area contributed by atoms with Crippen molar-refractivity contribution < 1.29 is 13.2 Å². The first kappa shape index (κ1) is 18.8. The maximum absolute atomic E-state index is 12.1. The van der Waals surface area contributed by atoms with Crippen molar-refractivity contribution in [2.45, 2.75) is 16.2 Å². The number of carbonyl (C=O) groups is 1. The largest absolute Gasteiger partial charge is 0.326 e.